The summed E-state index contributed by atoms with van der Waals surface area (Å²) in [5.41, 5.74) is 0.769. The summed E-state index contributed by atoms with van der Waals surface area (Å²) < 4.78 is 21.2. The number of nitrogens with zero attached hydrogens (tertiary/aromatic N) is 2. The number of carbonyl (C=O) groups is 1. The van der Waals surface area contributed by atoms with Crippen molar-refractivity contribution in [3.05, 3.63) is 47.7 Å². The lowest BCUT2D eigenvalue weighted by molar-refractivity contribution is 0.0964. The maximum Gasteiger partial charge on any atom is 0.205 e. The molecule has 0 bridgehead atoms. The van der Waals surface area contributed by atoms with Crippen LogP contribution >= 0.6 is 0 Å². The maximum absolute atomic E-state index is 13.4. The summed E-state index contributed by atoms with van der Waals surface area (Å²) in [5, 5.41) is 30.2. The van der Waals surface area contributed by atoms with Crippen LogP contribution in [0.3, 0.4) is 0 Å². The summed E-state index contributed by atoms with van der Waals surface area (Å²) in [6.45, 7) is 0. The molecule has 0 spiro atoms. The van der Waals surface area contributed by atoms with Gasteiger partial charge in [-0.2, -0.15) is 10.5 Å². The smallest absolute Gasteiger partial charge is 0.205 e. The van der Waals surface area contributed by atoms with Gasteiger partial charge in [0.15, 0.2) is 17.1 Å². The first-order valence-corrected chi connectivity index (χ1v) is 9.31. The van der Waals surface area contributed by atoms with Gasteiger partial charge in [0.1, 0.15) is 23.0 Å². The second-order valence-corrected chi connectivity index (χ2v) is 6.70. The van der Waals surface area contributed by atoms with Crippen molar-refractivity contribution in [1.82, 2.24) is 0 Å². The van der Waals surface area contributed by atoms with Crippen molar-refractivity contribution in [3.8, 4) is 35.1 Å². The quantitative estimate of drug-likeness (QED) is 0.538. The SMILES string of the molecule is COc1ccc(C(CC(=O)c2c(O)c(OC)c3occc3c2OC)C(C#N)C#N)cc1. The molecule has 0 amide bonds. The third-order valence-electron chi connectivity index (χ3n) is 5.11. The molecule has 3 rings (SSSR count). The van der Waals surface area contributed by atoms with Crippen LogP contribution < -0.4 is 14.2 Å². The Kier molecular flexibility index (Phi) is 6.32. The number of methoxy groups -OCH3 is 3. The van der Waals surface area contributed by atoms with E-state index in [-0.39, 0.29) is 29.1 Å². The number of phenolic OH excluding ortho intramolecular Hbond substituents is 1. The minimum atomic E-state index is -1.08. The van der Waals surface area contributed by atoms with Crippen LogP contribution in [0.5, 0.6) is 23.0 Å². The van der Waals surface area contributed by atoms with Crippen LogP contribution in [-0.2, 0) is 0 Å². The van der Waals surface area contributed by atoms with Gasteiger partial charge in [-0.3, -0.25) is 4.79 Å². The van der Waals surface area contributed by atoms with E-state index in [1.807, 2.05) is 12.1 Å². The van der Waals surface area contributed by atoms with Gasteiger partial charge >= 0.3 is 0 Å². The Hall–Kier alpha value is -4.17. The normalized spacial score (nSPS) is 11.5. The number of aromatic hydroxyl groups is 1. The minimum absolute atomic E-state index is 0.00210. The average Bonchev–Trinajstić information content (AvgIpc) is 3.27. The molecule has 158 valence electrons. The fraction of sp³-hybridized carbons (Fsp3) is 0.261. The number of rotatable bonds is 8. The van der Waals surface area contributed by atoms with E-state index in [9.17, 15) is 20.4 Å². The maximum atomic E-state index is 13.4. The number of Topliss-reactive ketones (excluding diaryl/α,β-unsaturated/α-hetero) is 1. The second kappa shape index (κ2) is 9.10. The monoisotopic (exact) mass is 420 g/mol. The average molecular weight is 420 g/mol. The lowest BCUT2D eigenvalue weighted by Gasteiger charge is -2.19. The van der Waals surface area contributed by atoms with Crippen LogP contribution in [0.4, 0.5) is 0 Å². The number of ketones is 1. The van der Waals surface area contributed by atoms with E-state index < -0.39 is 23.4 Å². The van der Waals surface area contributed by atoms with Gasteiger partial charge in [0.05, 0.1) is 45.1 Å². The van der Waals surface area contributed by atoms with Crippen molar-refractivity contribution in [2.45, 2.75) is 12.3 Å². The van der Waals surface area contributed by atoms with Gasteiger partial charge in [-0.05, 0) is 23.8 Å². The largest absolute Gasteiger partial charge is 0.504 e. The van der Waals surface area contributed by atoms with Crippen molar-refractivity contribution in [2.24, 2.45) is 5.92 Å². The molecule has 0 aliphatic carbocycles. The zero-order chi connectivity index (χ0) is 22.5. The molecule has 1 heterocycles. The van der Waals surface area contributed by atoms with Gasteiger partial charge in [0, 0.05) is 12.3 Å². The summed E-state index contributed by atoms with van der Waals surface area (Å²) in [6.07, 6.45) is 1.18. The Morgan fingerprint density at radius 1 is 1.03 bits per heavy atom. The Bertz CT molecular complexity index is 1170. The standard InChI is InChI=1S/C23H20N2O6/c1-28-15-6-4-13(5-7-15)17(14(11-24)12-25)10-18(26)19-20(27)23(30-3)22-16(8-9-31-22)21(19)29-2/h4-9,14,17,27H,10H2,1-3H3. The molecule has 1 atom stereocenters. The molecule has 0 aliphatic rings. The first-order valence-electron chi connectivity index (χ1n) is 9.31. The van der Waals surface area contributed by atoms with Crippen molar-refractivity contribution < 1.29 is 28.5 Å². The third-order valence-corrected chi connectivity index (χ3v) is 5.11. The molecule has 0 saturated carbocycles. The van der Waals surface area contributed by atoms with E-state index in [1.54, 1.807) is 30.3 Å². The molecule has 0 aliphatic heterocycles. The van der Waals surface area contributed by atoms with Crippen molar-refractivity contribution >= 4 is 16.8 Å². The van der Waals surface area contributed by atoms with Crippen LogP contribution in [0.15, 0.2) is 41.0 Å². The molecule has 1 unspecified atom stereocenters. The molecule has 0 fully saturated rings. The Balaban J connectivity index is 2.10. The van der Waals surface area contributed by atoms with Crippen molar-refractivity contribution in [1.29, 1.82) is 10.5 Å². The fourth-order valence-corrected chi connectivity index (χ4v) is 3.58. The predicted octanol–water partition coefficient (Wildman–Crippen LogP) is 4.18. The van der Waals surface area contributed by atoms with Gasteiger partial charge < -0.3 is 23.7 Å². The van der Waals surface area contributed by atoms with E-state index in [1.165, 1.54) is 27.6 Å². The first kappa shape index (κ1) is 21.5. The molecule has 31 heavy (non-hydrogen) atoms. The fourth-order valence-electron chi connectivity index (χ4n) is 3.58. The zero-order valence-corrected chi connectivity index (χ0v) is 17.2. The van der Waals surface area contributed by atoms with Crippen molar-refractivity contribution in [2.75, 3.05) is 21.3 Å². The van der Waals surface area contributed by atoms with E-state index in [0.717, 1.165) is 0 Å². The van der Waals surface area contributed by atoms with Crippen molar-refractivity contribution in [3.63, 3.8) is 0 Å². The van der Waals surface area contributed by atoms with E-state index in [4.69, 9.17) is 18.6 Å². The van der Waals surface area contributed by atoms with Gasteiger partial charge in [0.25, 0.3) is 0 Å². The summed E-state index contributed by atoms with van der Waals surface area (Å²) in [4.78, 5) is 13.4. The molecule has 1 aromatic heterocycles. The summed E-state index contributed by atoms with van der Waals surface area (Å²) in [7, 11) is 4.25. The molecule has 3 aromatic rings. The van der Waals surface area contributed by atoms with Crippen LogP contribution in [0.1, 0.15) is 28.3 Å². The summed E-state index contributed by atoms with van der Waals surface area (Å²) in [5.74, 6) is -2.01. The molecule has 8 nitrogen and oxygen atoms in total. The number of furan rings is 1. The number of benzene rings is 2. The molecule has 8 heteroatoms. The topological polar surface area (TPSA) is 126 Å². The lowest BCUT2D eigenvalue weighted by atomic mass is 9.82. The second-order valence-electron chi connectivity index (χ2n) is 6.70. The summed E-state index contributed by atoms with van der Waals surface area (Å²) >= 11 is 0. The highest BCUT2D eigenvalue weighted by Crippen LogP contribution is 2.47. The van der Waals surface area contributed by atoms with Crippen LogP contribution in [-0.4, -0.2) is 32.2 Å². The minimum Gasteiger partial charge on any atom is -0.504 e. The number of carbonyl (C=O) groups excluding carboxylic acids is 1. The van der Waals surface area contributed by atoms with Gasteiger partial charge in [-0.15, -0.1) is 0 Å². The Morgan fingerprint density at radius 2 is 1.68 bits per heavy atom. The van der Waals surface area contributed by atoms with E-state index in [2.05, 4.69) is 0 Å². The highest BCUT2D eigenvalue weighted by atomic mass is 16.5. The van der Waals surface area contributed by atoms with Crippen LogP contribution in [0, 0.1) is 28.6 Å². The first-order chi connectivity index (χ1) is 15.0. The molecular formula is C23H20N2O6. The molecule has 0 saturated heterocycles. The molecule has 2 aromatic carbocycles. The highest BCUT2D eigenvalue weighted by molar-refractivity contribution is 6.09. The van der Waals surface area contributed by atoms with Gasteiger partial charge in [-0.25, -0.2) is 0 Å². The number of fused-ring (bicyclic) bond motifs is 1. The zero-order valence-electron chi connectivity index (χ0n) is 17.2. The summed E-state index contributed by atoms with van der Waals surface area (Å²) in [6, 6.07) is 12.3. The number of hydrogen-bond donors (Lipinski definition) is 1. The number of phenols is 1. The number of ether oxygens (including phenoxy) is 3. The lowest BCUT2D eigenvalue weighted by Crippen LogP contribution is -2.16. The molecule has 1 N–H and O–H groups in total. The number of hydrogen-bond acceptors (Lipinski definition) is 8. The van der Waals surface area contributed by atoms with E-state index >= 15 is 0 Å². The van der Waals surface area contributed by atoms with E-state index in [0.29, 0.717) is 16.7 Å². The predicted molar refractivity (Wildman–Crippen MR) is 110 cm³/mol. The third kappa shape index (κ3) is 3.84. The molecule has 0 radical (unpaired) electrons. The Morgan fingerprint density at radius 3 is 2.23 bits per heavy atom. The Labute approximate surface area is 178 Å². The number of nitriles is 2. The molecular weight excluding hydrogens is 400 g/mol. The van der Waals surface area contributed by atoms with Gasteiger partial charge in [-0.1, -0.05) is 12.1 Å². The van der Waals surface area contributed by atoms with Crippen LogP contribution in [0.2, 0.25) is 0 Å². The van der Waals surface area contributed by atoms with Crippen LogP contribution in [0.25, 0.3) is 11.0 Å². The van der Waals surface area contributed by atoms with Gasteiger partial charge in [0.2, 0.25) is 5.75 Å². The highest BCUT2D eigenvalue weighted by Gasteiger charge is 2.32.